The molecular weight excluding hydrogens is 434 g/mol. The summed E-state index contributed by atoms with van der Waals surface area (Å²) in [6, 6.07) is 15.2. The Balaban J connectivity index is 1.59. The van der Waals surface area contributed by atoms with Crippen LogP contribution in [0.2, 0.25) is 0 Å². The standard InChI is InChI=1S/C25H29N5O4/c1-4-5-14-34-24(31)22-17(2)26-25-27-28-29-30(25)23(22)19-11-12-20(21(16-19)32-3)33-15-13-18-9-7-6-8-10-18/h6-12,16,23H,4-5,13-15H2,1-3H3,(H,26,27,29). The van der Waals surface area contributed by atoms with Crippen molar-refractivity contribution >= 4 is 11.9 Å². The maximum atomic E-state index is 13.0. The Labute approximate surface area is 198 Å². The van der Waals surface area contributed by atoms with E-state index in [1.54, 1.807) is 11.8 Å². The highest BCUT2D eigenvalue weighted by Gasteiger charge is 2.35. The van der Waals surface area contributed by atoms with E-state index in [9.17, 15) is 4.79 Å². The van der Waals surface area contributed by atoms with Crippen molar-refractivity contribution in [3.63, 3.8) is 0 Å². The average Bonchev–Trinajstić information content (AvgIpc) is 3.32. The zero-order valence-corrected chi connectivity index (χ0v) is 19.7. The number of fused-ring (bicyclic) bond motifs is 1. The van der Waals surface area contributed by atoms with Crippen LogP contribution >= 0.6 is 0 Å². The number of tetrazole rings is 1. The molecule has 178 valence electrons. The Kier molecular flexibility index (Phi) is 7.41. The first-order chi connectivity index (χ1) is 16.6. The highest BCUT2D eigenvalue weighted by molar-refractivity contribution is 5.92. The predicted octanol–water partition coefficient (Wildman–Crippen LogP) is 3.94. The Bertz CT molecular complexity index is 1160. The van der Waals surface area contributed by atoms with E-state index in [1.165, 1.54) is 5.56 Å². The lowest BCUT2D eigenvalue weighted by molar-refractivity contribution is -0.139. The number of unbranched alkanes of at least 4 members (excludes halogenated alkanes) is 1. The van der Waals surface area contributed by atoms with Crippen LogP contribution < -0.4 is 14.8 Å². The van der Waals surface area contributed by atoms with Crippen LogP contribution in [0.1, 0.15) is 43.9 Å². The summed E-state index contributed by atoms with van der Waals surface area (Å²) in [5.74, 6) is 1.25. The summed E-state index contributed by atoms with van der Waals surface area (Å²) in [6.45, 7) is 4.74. The van der Waals surface area contributed by atoms with Crippen LogP contribution in [-0.2, 0) is 16.0 Å². The summed E-state index contributed by atoms with van der Waals surface area (Å²) in [7, 11) is 1.59. The number of allylic oxidation sites excluding steroid dienone is 1. The second-order valence-corrected chi connectivity index (χ2v) is 8.00. The Morgan fingerprint density at radius 1 is 1.12 bits per heavy atom. The number of nitrogens with zero attached hydrogens (tertiary/aromatic N) is 4. The van der Waals surface area contributed by atoms with E-state index in [-0.39, 0.29) is 0 Å². The van der Waals surface area contributed by atoms with Crippen molar-refractivity contribution in [2.75, 3.05) is 25.6 Å². The lowest BCUT2D eigenvalue weighted by Gasteiger charge is -2.27. The van der Waals surface area contributed by atoms with Gasteiger partial charge in [0.15, 0.2) is 11.5 Å². The van der Waals surface area contributed by atoms with Gasteiger partial charge in [0.2, 0.25) is 5.95 Å². The van der Waals surface area contributed by atoms with Crippen molar-refractivity contribution < 1.29 is 19.0 Å². The van der Waals surface area contributed by atoms with Gasteiger partial charge in [0.05, 0.1) is 25.9 Å². The molecule has 9 nitrogen and oxygen atoms in total. The van der Waals surface area contributed by atoms with E-state index in [2.05, 4.69) is 33.0 Å². The molecule has 1 aliphatic heterocycles. The minimum absolute atomic E-state index is 0.360. The van der Waals surface area contributed by atoms with Crippen LogP contribution in [0, 0.1) is 0 Å². The summed E-state index contributed by atoms with van der Waals surface area (Å²) in [5, 5.41) is 15.0. The zero-order chi connectivity index (χ0) is 23.9. The molecule has 3 aromatic rings. The van der Waals surface area contributed by atoms with Gasteiger partial charge in [-0.2, -0.15) is 4.68 Å². The van der Waals surface area contributed by atoms with Crippen molar-refractivity contribution in [1.82, 2.24) is 20.2 Å². The van der Waals surface area contributed by atoms with Crippen LogP contribution in [0.5, 0.6) is 11.5 Å². The van der Waals surface area contributed by atoms with Crippen LogP contribution in [0.15, 0.2) is 59.8 Å². The first-order valence-electron chi connectivity index (χ1n) is 11.4. The third kappa shape index (κ3) is 5.03. The maximum Gasteiger partial charge on any atom is 0.338 e. The van der Waals surface area contributed by atoms with Gasteiger partial charge in [-0.3, -0.25) is 0 Å². The molecule has 0 bridgehead atoms. The highest BCUT2D eigenvalue weighted by Crippen LogP contribution is 2.38. The quantitative estimate of drug-likeness (QED) is 0.357. The summed E-state index contributed by atoms with van der Waals surface area (Å²) in [5.41, 5.74) is 3.08. The minimum atomic E-state index is -0.562. The highest BCUT2D eigenvalue weighted by atomic mass is 16.5. The molecule has 0 saturated heterocycles. The molecule has 1 unspecified atom stereocenters. The summed E-state index contributed by atoms with van der Waals surface area (Å²) in [4.78, 5) is 13.0. The monoisotopic (exact) mass is 463 g/mol. The topological polar surface area (TPSA) is 100 Å². The van der Waals surface area contributed by atoms with E-state index in [1.807, 2.05) is 50.2 Å². The largest absolute Gasteiger partial charge is 0.493 e. The first kappa shape index (κ1) is 23.3. The van der Waals surface area contributed by atoms with E-state index >= 15 is 0 Å². The molecule has 1 aliphatic rings. The van der Waals surface area contributed by atoms with Crippen molar-refractivity contribution in [2.24, 2.45) is 0 Å². The smallest absolute Gasteiger partial charge is 0.338 e. The third-order valence-electron chi connectivity index (χ3n) is 5.66. The second-order valence-electron chi connectivity index (χ2n) is 8.00. The van der Waals surface area contributed by atoms with Gasteiger partial charge in [-0.25, -0.2) is 4.79 Å². The molecule has 0 aliphatic carbocycles. The fraction of sp³-hybridized carbons (Fsp3) is 0.360. The molecule has 2 aromatic carbocycles. The van der Waals surface area contributed by atoms with E-state index < -0.39 is 12.0 Å². The number of carbonyl (C=O) groups excluding carboxylic acids is 1. The van der Waals surface area contributed by atoms with E-state index in [4.69, 9.17) is 14.2 Å². The summed E-state index contributed by atoms with van der Waals surface area (Å²) in [6.07, 6.45) is 2.52. The van der Waals surface area contributed by atoms with Crippen LogP contribution in [0.25, 0.3) is 0 Å². The van der Waals surface area contributed by atoms with Crippen molar-refractivity contribution in [2.45, 2.75) is 39.2 Å². The zero-order valence-electron chi connectivity index (χ0n) is 19.7. The molecule has 4 rings (SSSR count). The molecule has 0 radical (unpaired) electrons. The van der Waals surface area contributed by atoms with Gasteiger partial charge in [0.25, 0.3) is 0 Å². The van der Waals surface area contributed by atoms with Crippen LogP contribution in [0.3, 0.4) is 0 Å². The number of methoxy groups -OCH3 is 1. The number of benzene rings is 2. The molecule has 1 atom stereocenters. The number of ether oxygens (including phenoxy) is 3. The number of carbonyl (C=O) groups is 1. The predicted molar refractivity (Wildman–Crippen MR) is 127 cm³/mol. The van der Waals surface area contributed by atoms with Gasteiger partial charge in [0.1, 0.15) is 6.04 Å². The van der Waals surface area contributed by atoms with Gasteiger partial charge in [-0.1, -0.05) is 54.8 Å². The van der Waals surface area contributed by atoms with Crippen molar-refractivity contribution in [1.29, 1.82) is 0 Å². The third-order valence-corrected chi connectivity index (χ3v) is 5.66. The number of anilines is 1. The van der Waals surface area contributed by atoms with E-state index in [0.717, 1.165) is 24.8 Å². The molecule has 0 saturated carbocycles. The van der Waals surface area contributed by atoms with Crippen molar-refractivity contribution in [3.8, 4) is 11.5 Å². The molecule has 2 heterocycles. The molecular formula is C25H29N5O4. The molecule has 0 fully saturated rings. The molecule has 9 heteroatoms. The average molecular weight is 464 g/mol. The van der Waals surface area contributed by atoms with Gasteiger partial charge < -0.3 is 19.5 Å². The number of rotatable bonds is 10. The molecule has 1 N–H and O–H groups in total. The lowest BCUT2D eigenvalue weighted by Crippen LogP contribution is -2.30. The Morgan fingerprint density at radius 2 is 1.94 bits per heavy atom. The normalized spacial score (nSPS) is 14.9. The lowest BCUT2D eigenvalue weighted by atomic mass is 9.95. The van der Waals surface area contributed by atoms with Gasteiger partial charge in [-0.05, 0) is 47.0 Å². The van der Waals surface area contributed by atoms with E-state index in [0.29, 0.717) is 41.9 Å². The van der Waals surface area contributed by atoms with Crippen molar-refractivity contribution in [3.05, 3.63) is 70.9 Å². The van der Waals surface area contributed by atoms with Gasteiger partial charge in [-0.15, -0.1) is 0 Å². The number of esters is 1. The number of nitrogens with one attached hydrogen (secondary N) is 1. The summed E-state index contributed by atoms with van der Waals surface area (Å²) < 4.78 is 18.7. The Morgan fingerprint density at radius 3 is 2.71 bits per heavy atom. The van der Waals surface area contributed by atoms with Gasteiger partial charge in [0, 0.05) is 12.1 Å². The maximum absolute atomic E-state index is 13.0. The first-order valence-corrected chi connectivity index (χ1v) is 11.4. The SMILES string of the molecule is CCCCOC(=O)C1=C(C)Nc2nnnn2C1c1ccc(OCCc2ccccc2)c(OC)c1. The van der Waals surface area contributed by atoms with Crippen LogP contribution in [-0.4, -0.2) is 46.5 Å². The number of aromatic nitrogens is 4. The molecule has 1 aromatic heterocycles. The fourth-order valence-electron chi connectivity index (χ4n) is 3.87. The summed E-state index contributed by atoms with van der Waals surface area (Å²) >= 11 is 0. The molecule has 0 amide bonds. The number of hydrogen-bond donors (Lipinski definition) is 1. The second kappa shape index (κ2) is 10.8. The number of hydrogen-bond acceptors (Lipinski definition) is 8. The molecule has 34 heavy (non-hydrogen) atoms. The fourth-order valence-corrected chi connectivity index (χ4v) is 3.87. The minimum Gasteiger partial charge on any atom is -0.493 e. The Hall–Kier alpha value is -3.88. The van der Waals surface area contributed by atoms with Gasteiger partial charge >= 0.3 is 5.97 Å². The molecule has 0 spiro atoms. The van der Waals surface area contributed by atoms with Crippen LogP contribution in [0.4, 0.5) is 5.95 Å².